The van der Waals surface area contributed by atoms with Crippen LogP contribution >= 0.6 is 0 Å². The summed E-state index contributed by atoms with van der Waals surface area (Å²) in [5.41, 5.74) is 1.92. The quantitative estimate of drug-likeness (QED) is 0.889. The predicted octanol–water partition coefficient (Wildman–Crippen LogP) is 1.46. The van der Waals surface area contributed by atoms with Crippen LogP contribution in [-0.2, 0) is 16.0 Å². The van der Waals surface area contributed by atoms with E-state index >= 15 is 0 Å². The van der Waals surface area contributed by atoms with Crippen LogP contribution in [0.25, 0.3) is 10.9 Å². The molecule has 1 aromatic heterocycles. The second kappa shape index (κ2) is 4.89. The van der Waals surface area contributed by atoms with E-state index in [9.17, 15) is 4.79 Å². The first kappa shape index (κ1) is 12.0. The largest absolute Gasteiger partial charge is 0.446 e. The molecule has 1 aromatic carbocycles. The number of benzene rings is 1. The molecule has 1 atom stereocenters. The number of nitrogens with zero attached hydrogens (tertiary/aromatic N) is 2. The van der Waals surface area contributed by atoms with E-state index in [1.54, 1.807) is 0 Å². The Morgan fingerprint density at radius 1 is 1.58 bits per heavy atom. The van der Waals surface area contributed by atoms with Crippen molar-refractivity contribution < 1.29 is 14.3 Å². The molecule has 2 heterocycles. The third-order valence-corrected chi connectivity index (χ3v) is 3.18. The molecule has 100 valence electrons. The summed E-state index contributed by atoms with van der Waals surface area (Å²) < 4.78 is 12.7. The van der Waals surface area contributed by atoms with E-state index < -0.39 is 6.09 Å². The van der Waals surface area contributed by atoms with Crippen molar-refractivity contribution in [3.63, 3.8) is 0 Å². The molecule has 2 aromatic rings. The molecule has 0 aliphatic carbocycles. The van der Waals surface area contributed by atoms with Gasteiger partial charge in [0, 0.05) is 12.4 Å². The lowest BCUT2D eigenvalue weighted by atomic mass is 10.1. The Balaban J connectivity index is 1.92. The minimum Gasteiger partial charge on any atom is -0.446 e. The number of carbonyl (C=O) groups is 1. The zero-order valence-corrected chi connectivity index (χ0v) is 10.6. The predicted molar refractivity (Wildman–Crippen MR) is 68.8 cm³/mol. The van der Waals surface area contributed by atoms with E-state index in [0.29, 0.717) is 6.61 Å². The molecule has 0 unspecified atom stereocenters. The molecule has 0 radical (unpaired) electrons. The fourth-order valence-corrected chi connectivity index (χ4v) is 2.32. The molecule has 6 heteroatoms. The number of hydrogen-bond donors (Lipinski definition) is 1. The molecule has 0 bridgehead atoms. The highest BCUT2D eigenvalue weighted by molar-refractivity contribution is 5.82. The van der Waals surface area contributed by atoms with Gasteiger partial charge >= 0.3 is 6.09 Å². The maximum absolute atomic E-state index is 11.2. The molecule has 3 rings (SSSR count). The van der Waals surface area contributed by atoms with Gasteiger partial charge in [0.15, 0.2) is 0 Å². The maximum atomic E-state index is 11.2. The van der Waals surface area contributed by atoms with Gasteiger partial charge < -0.3 is 14.8 Å². The van der Waals surface area contributed by atoms with Gasteiger partial charge in [0.2, 0.25) is 0 Å². The van der Waals surface area contributed by atoms with Gasteiger partial charge in [-0.15, -0.1) is 0 Å². The van der Waals surface area contributed by atoms with Crippen LogP contribution in [0.5, 0.6) is 0 Å². The number of fused-ring (bicyclic) bond motifs is 3. The minimum absolute atomic E-state index is 0.190. The van der Waals surface area contributed by atoms with Gasteiger partial charge in [-0.2, -0.15) is 5.10 Å². The van der Waals surface area contributed by atoms with Crippen LogP contribution in [0, 0.1) is 0 Å². The Labute approximate surface area is 110 Å². The zero-order chi connectivity index (χ0) is 13.2. The summed E-state index contributed by atoms with van der Waals surface area (Å²) >= 11 is 0. The summed E-state index contributed by atoms with van der Waals surface area (Å²) in [5.74, 6) is 0. The van der Waals surface area contributed by atoms with E-state index in [2.05, 4.69) is 10.4 Å². The maximum Gasteiger partial charge on any atom is 0.406 e. The second-order valence-electron chi connectivity index (χ2n) is 4.33. The molecular formula is C13H15N3O3. The van der Waals surface area contributed by atoms with Gasteiger partial charge in [-0.25, -0.2) is 4.79 Å². The summed E-state index contributed by atoms with van der Waals surface area (Å²) in [6, 6.07) is 7.90. The van der Waals surface area contributed by atoms with E-state index in [4.69, 9.17) is 9.47 Å². The molecule has 19 heavy (non-hydrogen) atoms. The number of hydrogen-bond acceptors (Lipinski definition) is 4. The molecule has 0 saturated heterocycles. The Hall–Kier alpha value is -2.08. The number of rotatable bonds is 2. The fraction of sp³-hybridized carbons (Fsp3) is 0.385. The van der Waals surface area contributed by atoms with E-state index in [1.165, 1.54) is 7.05 Å². The zero-order valence-electron chi connectivity index (χ0n) is 10.6. The normalized spacial score (nSPS) is 18.1. The molecule has 0 saturated carbocycles. The van der Waals surface area contributed by atoms with Crippen molar-refractivity contribution in [1.29, 1.82) is 0 Å². The summed E-state index contributed by atoms with van der Waals surface area (Å²) in [5, 5.41) is 8.00. The summed E-state index contributed by atoms with van der Waals surface area (Å²) in [6.07, 6.45) is -0.719. The SMILES string of the molecule is CNC(=O)OC[C@@H]1OCCn2nc3ccccc3c21. The van der Waals surface area contributed by atoms with Crippen molar-refractivity contribution in [2.75, 3.05) is 20.3 Å². The Morgan fingerprint density at radius 2 is 2.42 bits per heavy atom. The van der Waals surface area contributed by atoms with E-state index in [0.717, 1.165) is 23.1 Å². The highest BCUT2D eigenvalue weighted by Crippen LogP contribution is 2.29. The van der Waals surface area contributed by atoms with Crippen LogP contribution < -0.4 is 5.32 Å². The lowest BCUT2D eigenvalue weighted by Gasteiger charge is -2.24. The van der Waals surface area contributed by atoms with Gasteiger partial charge in [0.1, 0.15) is 12.7 Å². The third-order valence-electron chi connectivity index (χ3n) is 3.18. The Kier molecular flexibility index (Phi) is 3.08. The van der Waals surface area contributed by atoms with Gasteiger partial charge in [0.05, 0.1) is 24.4 Å². The van der Waals surface area contributed by atoms with Crippen LogP contribution in [0.15, 0.2) is 24.3 Å². The topological polar surface area (TPSA) is 65.4 Å². The molecule has 1 amide bonds. The van der Waals surface area contributed by atoms with Crippen LogP contribution in [0.1, 0.15) is 11.8 Å². The first-order valence-electron chi connectivity index (χ1n) is 6.21. The van der Waals surface area contributed by atoms with Crippen molar-refractivity contribution >= 4 is 17.0 Å². The number of amides is 1. The van der Waals surface area contributed by atoms with Crippen LogP contribution in [-0.4, -0.2) is 36.1 Å². The molecule has 6 nitrogen and oxygen atoms in total. The molecule has 0 spiro atoms. The van der Waals surface area contributed by atoms with Crippen LogP contribution in [0.2, 0.25) is 0 Å². The van der Waals surface area contributed by atoms with Gasteiger partial charge in [-0.1, -0.05) is 18.2 Å². The summed E-state index contributed by atoms with van der Waals surface area (Å²) in [6.45, 7) is 1.48. The molecule has 0 fully saturated rings. The molecule has 1 N–H and O–H groups in total. The van der Waals surface area contributed by atoms with Gasteiger partial charge in [0.25, 0.3) is 0 Å². The van der Waals surface area contributed by atoms with Crippen molar-refractivity contribution in [3.05, 3.63) is 30.0 Å². The van der Waals surface area contributed by atoms with Gasteiger partial charge in [-0.3, -0.25) is 4.68 Å². The molecule has 1 aliphatic rings. The number of nitrogens with one attached hydrogen (secondary N) is 1. The fourth-order valence-electron chi connectivity index (χ4n) is 2.32. The van der Waals surface area contributed by atoms with Gasteiger partial charge in [-0.05, 0) is 6.07 Å². The number of carbonyl (C=O) groups excluding carboxylic acids is 1. The average molecular weight is 261 g/mol. The van der Waals surface area contributed by atoms with Crippen molar-refractivity contribution in [2.24, 2.45) is 0 Å². The summed E-state index contributed by atoms with van der Waals surface area (Å²) in [4.78, 5) is 11.2. The Morgan fingerprint density at radius 3 is 3.26 bits per heavy atom. The monoisotopic (exact) mass is 261 g/mol. The lowest BCUT2D eigenvalue weighted by Crippen LogP contribution is -2.28. The highest BCUT2D eigenvalue weighted by Gasteiger charge is 2.26. The van der Waals surface area contributed by atoms with Crippen LogP contribution in [0.3, 0.4) is 0 Å². The average Bonchev–Trinajstić information content (AvgIpc) is 2.83. The highest BCUT2D eigenvalue weighted by atomic mass is 16.6. The lowest BCUT2D eigenvalue weighted by molar-refractivity contribution is -0.0211. The first-order chi connectivity index (χ1) is 9.29. The van der Waals surface area contributed by atoms with Crippen molar-refractivity contribution in [2.45, 2.75) is 12.6 Å². The smallest absolute Gasteiger partial charge is 0.406 e. The van der Waals surface area contributed by atoms with E-state index in [-0.39, 0.29) is 12.7 Å². The van der Waals surface area contributed by atoms with Crippen LogP contribution in [0.4, 0.5) is 4.79 Å². The van der Waals surface area contributed by atoms with E-state index in [1.807, 2.05) is 28.9 Å². The standard InChI is InChI=1S/C13H15N3O3/c1-14-13(17)19-8-11-12-9-4-2-3-5-10(9)15-16(12)6-7-18-11/h2-5,11H,6-8H2,1H3,(H,14,17)/t11-/m0/s1. The molecule has 1 aliphatic heterocycles. The number of alkyl carbamates (subject to hydrolysis) is 1. The second-order valence-corrected chi connectivity index (χ2v) is 4.33. The summed E-state index contributed by atoms with van der Waals surface area (Å²) in [7, 11) is 1.53. The van der Waals surface area contributed by atoms with Crippen molar-refractivity contribution in [3.8, 4) is 0 Å². The molecular weight excluding hydrogens is 246 g/mol. The van der Waals surface area contributed by atoms with Crippen molar-refractivity contribution in [1.82, 2.24) is 15.1 Å². The Bertz CT molecular complexity index is 608. The third kappa shape index (κ3) is 2.15. The number of aromatic nitrogens is 2. The minimum atomic E-state index is -0.454. The number of ether oxygens (including phenoxy) is 2. The first-order valence-corrected chi connectivity index (χ1v) is 6.21.